The number of esters is 1. The molecule has 106 valence electrons. The van der Waals surface area contributed by atoms with Crippen LogP contribution in [0.25, 0.3) is 0 Å². The Balaban J connectivity index is 4.32. The Morgan fingerprint density at radius 1 is 1.42 bits per heavy atom. The van der Waals surface area contributed by atoms with Crippen LogP contribution in [0.3, 0.4) is 0 Å². The monoisotopic (exact) mass is 286 g/mol. The maximum Gasteiger partial charge on any atom is 0.311 e. The van der Waals surface area contributed by atoms with E-state index in [-0.39, 0.29) is 24.7 Å². The van der Waals surface area contributed by atoms with Crippen molar-refractivity contribution in [3.63, 3.8) is 0 Å². The molecule has 0 aromatic rings. The van der Waals surface area contributed by atoms with Gasteiger partial charge in [0.05, 0.1) is 17.8 Å². The average Bonchev–Trinajstić information content (AvgIpc) is 2.35. The molecule has 0 aliphatic carbocycles. The number of hydrogen-bond donors (Lipinski definition) is 1. The lowest BCUT2D eigenvalue weighted by Crippen LogP contribution is -2.26. The van der Waals surface area contributed by atoms with Crippen LogP contribution in [0.5, 0.6) is 0 Å². The van der Waals surface area contributed by atoms with Gasteiger partial charge in [-0.05, 0) is 26.7 Å². The van der Waals surface area contributed by atoms with Gasteiger partial charge in [0.2, 0.25) is 4.91 Å². The van der Waals surface area contributed by atoms with Crippen LogP contribution in [-0.4, -0.2) is 32.6 Å². The number of carbonyl (C=O) groups excluding carboxylic acids is 1. The second-order valence-electron chi connectivity index (χ2n) is 4.61. The number of sulfone groups is 1. The van der Waals surface area contributed by atoms with Crippen molar-refractivity contribution in [2.45, 2.75) is 33.6 Å². The van der Waals surface area contributed by atoms with Crippen LogP contribution in [0.4, 0.5) is 0 Å². The third-order valence-corrected chi connectivity index (χ3v) is 4.39. The first-order chi connectivity index (χ1) is 8.71. The number of carbonyl (C=O) groups is 1. The molecule has 7 heteroatoms. The summed E-state index contributed by atoms with van der Waals surface area (Å²) in [6, 6.07) is 1.40. The van der Waals surface area contributed by atoms with E-state index in [9.17, 15) is 13.2 Å². The highest BCUT2D eigenvalue weighted by atomic mass is 32.2. The topological polar surface area (TPSA) is 108 Å². The Bertz CT molecular complexity index is 522. The summed E-state index contributed by atoms with van der Waals surface area (Å²) in [5.41, 5.74) is -0.592. The van der Waals surface area contributed by atoms with E-state index in [1.54, 1.807) is 19.7 Å². The largest absolute Gasteiger partial charge is 0.465 e. The highest BCUT2D eigenvalue weighted by molar-refractivity contribution is 7.95. The zero-order valence-corrected chi connectivity index (χ0v) is 12.1. The zero-order valence-electron chi connectivity index (χ0n) is 11.3. The number of rotatable bonds is 7. The van der Waals surface area contributed by atoms with E-state index in [1.165, 1.54) is 6.07 Å². The van der Waals surface area contributed by atoms with Gasteiger partial charge in [-0.2, -0.15) is 5.26 Å². The third kappa shape index (κ3) is 5.25. The molecule has 0 aromatic carbocycles. The van der Waals surface area contributed by atoms with Crippen LogP contribution in [0.2, 0.25) is 0 Å². The molecule has 1 N–H and O–H groups in total. The summed E-state index contributed by atoms with van der Waals surface area (Å²) in [4.78, 5) is 10.9. The lowest BCUT2D eigenvalue weighted by molar-refractivity contribution is -0.154. The second kappa shape index (κ2) is 7.07. The first-order valence-corrected chi connectivity index (χ1v) is 7.46. The van der Waals surface area contributed by atoms with Crippen molar-refractivity contribution in [1.82, 2.24) is 0 Å². The van der Waals surface area contributed by atoms with Crippen molar-refractivity contribution in [3.8, 4) is 6.07 Å². The van der Waals surface area contributed by atoms with E-state index in [0.717, 1.165) is 0 Å². The smallest absolute Gasteiger partial charge is 0.311 e. The van der Waals surface area contributed by atoms with Gasteiger partial charge in [0, 0.05) is 5.87 Å². The van der Waals surface area contributed by atoms with Gasteiger partial charge in [0.15, 0.2) is 9.84 Å². The first-order valence-electron chi connectivity index (χ1n) is 5.81. The summed E-state index contributed by atoms with van der Waals surface area (Å²) in [7, 11) is -3.80. The van der Waals surface area contributed by atoms with Gasteiger partial charge in [-0.25, -0.2) is 8.42 Å². The Morgan fingerprint density at radius 3 is 2.42 bits per heavy atom. The van der Waals surface area contributed by atoms with E-state index in [4.69, 9.17) is 15.4 Å². The minimum Gasteiger partial charge on any atom is -0.465 e. The number of nitrogens with one attached hydrogen (secondary N) is 1. The molecule has 0 spiro atoms. The minimum atomic E-state index is -3.80. The molecular weight excluding hydrogens is 268 g/mol. The van der Waals surface area contributed by atoms with Gasteiger partial charge < -0.3 is 4.74 Å². The molecule has 0 saturated heterocycles. The van der Waals surface area contributed by atoms with Gasteiger partial charge >= 0.3 is 5.97 Å². The molecule has 0 saturated carbocycles. The van der Waals surface area contributed by atoms with Crippen molar-refractivity contribution in [2.24, 2.45) is 5.41 Å². The second-order valence-corrected chi connectivity index (χ2v) is 6.66. The minimum absolute atomic E-state index is 0.0296. The molecular formula is C12H18N2O4S. The molecule has 0 radical (unpaired) electrons. The first kappa shape index (κ1) is 17.4. The molecule has 0 bridgehead atoms. The summed E-state index contributed by atoms with van der Waals surface area (Å²) in [6.45, 7) is 5.33. The molecule has 0 rings (SSSR count). The average molecular weight is 286 g/mol. The molecule has 0 unspecified atom stereocenters. The molecule has 0 heterocycles. The van der Waals surface area contributed by atoms with Crippen molar-refractivity contribution in [1.29, 1.82) is 10.7 Å². The number of allylic oxidation sites excluding steroid dienone is 1. The van der Waals surface area contributed by atoms with Crippen LogP contribution in [0, 0.1) is 22.2 Å². The maximum atomic E-state index is 11.6. The maximum absolute atomic E-state index is 11.6. The van der Waals surface area contributed by atoms with Crippen LogP contribution < -0.4 is 0 Å². The van der Waals surface area contributed by atoms with E-state index >= 15 is 0 Å². The Kier molecular flexibility index (Phi) is 6.46. The fraction of sp³-hybridized carbons (Fsp3) is 0.667. The zero-order chi connectivity index (χ0) is 15.1. The summed E-state index contributed by atoms with van der Waals surface area (Å²) >= 11 is 0. The third-order valence-electron chi connectivity index (χ3n) is 2.75. The van der Waals surface area contributed by atoms with Crippen molar-refractivity contribution in [2.75, 3.05) is 12.4 Å². The summed E-state index contributed by atoms with van der Waals surface area (Å²) < 4.78 is 28.0. The summed E-state index contributed by atoms with van der Waals surface area (Å²) in [6.07, 6.45) is 0.708. The predicted molar refractivity (Wildman–Crippen MR) is 70.3 cm³/mol. The predicted octanol–water partition coefficient (Wildman–Crippen LogP) is 1.43. The highest BCUT2D eigenvalue weighted by Crippen LogP contribution is 2.21. The van der Waals surface area contributed by atoms with Gasteiger partial charge in [0.25, 0.3) is 0 Å². The molecule has 19 heavy (non-hydrogen) atoms. The highest BCUT2D eigenvalue weighted by Gasteiger charge is 2.27. The Hall–Kier alpha value is -1.64. The van der Waals surface area contributed by atoms with Crippen molar-refractivity contribution in [3.05, 3.63) is 4.91 Å². The van der Waals surface area contributed by atoms with Crippen molar-refractivity contribution < 1.29 is 17.9 Å². The molecule has 6 nitrogen and oxygen atoms in total. The summed E-state index contributed by atoms with van der Waals surface area (Å²) in [5.74, 6) is 0.860. The molecule has 0 aromatic heterocycles. The molecule has 0 atom stereocenters. The van der Waals surface area contributed by atoms with Crippen LogP contribution in [0.1, 0.15) is 33.6 Å². The Morgan fingerprint density at radius 2 is 2.00 bits per heavy atom. The number of nitriles is 1. The lowest BCUT2D eigenvalue weighted by atomic mass is 9.91. The molecule has 0 aliphatic heterocycles. The van der Waals surface area contributed by atoms with Gasteiger partial charge in [-0.3, -0.25) is 10.2 Å². The fourth-order valence-corrected chi connectivity index (χ4v) is 2.03. The van der Waals surface area contributed by atoms with Crippen LogP contribution in [0.15, 0.2) is 4.91 Å². The lowest BCUT2D eigenvalue weighted by Gasteiger charge is -2.20. The standard InChI is InChI=1S/C12H18N2O4S/c1-4-12(2,3)11(15)18-6-5-7-19(16,17)10(8-13)9-14/h13H,4-7H2,1-3H3. The van der Waals surface area contributed by atoms with E-state index in [2.05, 4.69) is 0 Å². The number of hydrogen-bond acceptors (Lipinski definition) is 6. The van der Waals surface area contributed by atoms with Gasteiger partial charge in [-0.15, -0.1) is 0 Å². The number of nitrogens with zero attached hydrogens (tertiary/aromatic N) is 1. The Labute approximate surface area is 113 Å². The quantitative estimate of drug-likeness (QED) is 0.329. The SMILES string of the molecule is CCC(C)(C)C(=O)OCCCS(=O)(=O)C(=C=N)C#N. The number of ether oxygens (including phenoxy) is 1. The van der Waals surface area contributed by atoms with E-state index in [0.29, 0.717) is 6.42 Å². The molecule has 0 fully saturated rings. The van der Waals surface area contributed by atoms with Gasteiger partial charge in [0.1, 0.15) is 6.07 Å². The fourth-order valence-electron chi connectivity index (χ4n) is 1.03. The van der Waals surface area contributed by atoms with Crippen LogP contribution in [-0.2, 0) is 19.4 Å². The van der Waals surface area contributed by atoms with Gasteiger partial charge in [-0.1, -0.05) is 6.92 Å². The molecule has 0 aliphatic rings. The van der Waals surface area contributed by atoms with E-state index < -0.39 is 20.2 Å². The summed E-state index contributed by atoms with van der Waals surface area (Å²) in [5, 5.41) is 15.2. The van der Waals surface area contributed by atoms with Crippen LogP contribution >= 0.6 is 0 Å². The normalized spacial score (nSPS) is 11.3. The molecule has 0 amide bonds. The van der Waals surface area contributed by atoms with E-state index in [1.807, 2.05) is 6.92 Å². The van der Waals surface area contributed by atoms with Crippen molar-refractivity contribution >= 4 is 21.7 Å².